The lowest BCUT2D eigenvalue weighted by molar-refractivity contribution is 0.724. The Labute approximate surface area is 136 Å². The molecule has 0 aromatic heterocycles. The normalized spacial score (nSPS) is 10.7. The zero-order valence-electron chi connectivity index (χ0n) is 13.0. The van der Waals surface area contributed by atoms with Crippen LogP contribution in [0.2, 0.25) is 0 Å². The zero-order chi connectivity index (χ0) is 15.2. The van der Waals surface area contributed by atoms with Gasteiger partial charge in [0.2, 0.25) is 0 Å². The third kappa shape index (κ3) is 4.58. The summed E-state index contributed by atoms with van der Waals surface area (Å²) in [6.45, 7) is 7.06. The van der Waals surface area contributed by atoms with Crippen LogP contribution in [0.25, 0.3) is 0 Å². The molecular weight excluding hydrogens is 324 g/mol. The van der Waals surface area contributed by atoms with Crippen molar-refractivity contribution in [1.82, 2.24) is 5.32 Å². The van der Waals surface area contributed by atoms with E-state index >= 15 is 0 Å². The number of nitrogens with zero attached hydrogens (tertiary/aromatic N) is 1. The Morgan fingerprint density at radius 3 is 2.62 bits per heavy atom. The molecule has 1 N–H and O–H groups in total. The van der Waals surface area contributed by atoms with Gasteiger partial charge in [0.15, 0.2) is 0 Å². The Bertz CT molecular complexity index is 596. The first-order valence-electron chi connectivity index (χ1n) is 7.36. The molecule has 2 nitrogen and oxygen atoms in total. The van der Waals surface area contributed by atoms with Crippen molar-refractivity contribution in [2.45, 2.75) is 26.9 Å². The number of rotatable bonds is 6. The van der Waals surface area contributed by atoms with Crippen LogP contribution < -0.4 is 10.2 Å². The van der Waals surface area contributed by atoms with Crippen LogP contribution >= 0.6 is 15.9 Å². The maximum Gasteiger partial charge on any atom is 0.0426 e. The van der Waals surface area contributed by atoms with E-state index in [9.17, 15) is 0 Å². The molecule has 2 aromatic rings. The lowest BCUT2D eigenvalue weighted by Gasteiger charge is -2.21. The molecule has 112 valence electrons. The summed E-state index contributed by atoms with van der Waals surface area (Å²) in [5.74, 6) is 0. The molecule has 0 saturated carbocycles. The van der Waals surface area contributed by atoms with Gasteiger partial charge in [-0.3, -0.25) is 0 Å². The minimum absolute atomic E-state index is 0.902. The Hall–Kier alpha value is -1.32. The van der Waals surface area contributed by atoms with Gasteiger partial charge >= 0.3 is 0 Å². The monoisotopic (exact) mass is 346 g/mol. The lowest BCUT2D eigenvalue weighted by atomic mass is 10.1. The van der Waals surface area contributed by atoms with Crippen LogP contribution in [-0.4, -0.2) is 13.6 Å². The highest BCUT2D eigenvalue weighted by Crippen LogP contribution is 2.24. The Morgan fingerprint density at radius 1 is 1.14 bits per heavy atom. The van der Waals surface area contributed by atoms with Gasteiger partial charge < -0.3 is 10.2 Å². The molecule has 2 rings (SSSR count). The molecule has 0 fully saturated rings. The van der Waals surface area contributed by atoms with Crippen LogP contribution in [-0.2, 0) is 13.1 Å². The summed E-state index contributed by atoms with van der Waals surface area (Å²) in [5.41, 5.74) is 5.17. The second kappa shape index (κ2) is 7.62. The van der Waals surface area contributed by atoms with Crippen molar-refractivity contribution in [1.29, 1.82) is 0 Å². The zero-order valence-corrected chi connectivity index (χ0v) is 14.6. The predicted molar refractivity (Wildman–Crippen MR) is 94.8 cm³/mol. The average Bonchev–Trinajstić information content (AvgIpc) is 2.46. The highest BCUT2D eigenvalue weighted by Gasteiger charge is 2.06. The van der Waals surface area contributed by atoms with Crippen LogP contribution in [0.15, 0.2) is 46.9 Å². The van der Waals surface area contributed by atoms with Crippen LogP contribution in [0.3, 0.4) is 0 Å². The standard InChI is InChI=1S/C18H23BrN2/c1-4-20-12-16-8-9-17(11-18(16)19)21(3)13-15-7-5-6-14(2)10-15/h5-11,20H,4,12-13H2,1-3H3. The summed E-state index contributed by atoms with van der Waals surface area (Å²) in [6.07, 6.45) is 0. The Kier molecular flexibility index (Phi) is 5.83. The summed E-state index contributed by atoms with van der Waals surface area (Å²) in [5, 5.41) is 3.36. The third-order valence-electron chi connectivity index (χ3n) is 3.55. The quantitative estimate of drug-likeness (QED) is 0.828. The third-order valence-corrected chi connectivity index (χ3v) is 4.28. The highest BCUT2D eigenvalue weighted by molar-refractivity contribution is 9.10. The summed E-state index contributed by atoms with van der Waals surface area (Å²) >= 11 is 3.68. The molecule has 0 atom stereocenters. The minimum atomic E-state index is 0.902. The first-order valence-corrected chi connectivity index (χ1v) is 8.15. The van der Waals surface area contributed by atoms with Crippen molar-refractivity contribution in [3.63, 3.8) is 0 Å². The van der Waals surface area contributed by atoms with Gasteiger partial charge in [0.25, 0.3) is 0 Å². The van der Waals surface area contributed by atoms with Crippen molar-refractivity contribution in [3.8, 4) is 0 Å². The Morgan fingerprint density at radius 2 is 1.95 bits per heavy atom. The number of hydrogen-bond acceptors (Lipinski definition) is 2. The van der Waals surface area contributed by atoms with Crippen molar-refractivity contribution in [2.24, 2.45) is 0 Å². The average molecular weight is 347 g/mol. The smallest absolute Gasteiger partial charge is 0.0426 e. The topological polar surface area (TPSA) is 15.3 Å². The SMILES string of the molecule is CCNCc1ccc(N(C)Cc2cccc(C)c2)cc1Br. The first kappa shape index (κ1) is 16.1. The van der Waals surface area contributed by atoms with Gasteiger partial charge in [-0.2, -0.15) is 0 Å². The maximum absolute atomic E-state index is 3.68. The fourth-order valence-electron chi connectivity index (χ4n) is 2.35. The van der Waals surface area contributed by atoms with Gasteiger partial charge in [-0.1, -0.05) is 58.7 Å². The molecule has 0 bridgehead atoms. The number of hydrogen-bond donors (Lipinski definition) is 1. The molecule has 0 heterocycles. The number of nitrogens with one attached hydrogen (secondary N) is 1. The number of benzene rings is 2. The second-order valence-electron chi connectivity index (χ2n) is 5.40. The molecule has 0 radical (unpaired) electrons. The minimum Gasteiger partial charge on any atom is -0.370 e. The molecule has 0 aliphatic heterocycles. The molecule has 0 saturated heterocycles. The van der Waals surface area contributed by atoms with E-state index in [-0.39, 0.29) is 0 Å². The summed E-state index contributed by atoms with van der Waals surface area (Å²) in [7, 11) is 2.13. The predicted octanol–water partition coefficient (Wildman–Crippen LogP) is 4.50. The Balaban J connectivity index is 2.08. The molecular formula is C18H23BrN2. The maximum atomic E-state index is 3.68. The molecule has 0 aliphatic carbocycles. The summed E-state index contributed by atoms with van der Waals surface area (Å²) < 4.78 is 1.16. The fourth-order valence-corrected chi connectivity index (χ4v) is 2.86. The van der Waals surface area contributed by atoms with Gasteiger partial charge in [-0.25, -0.2) is 0 Å². The highest BCUT2D eigenvalue weighted by atomic mass is 79.9. The van der Waals surface area contributed by atoms with Crippen LogP contribution in [0.4, 0.5) is 5.69 Å². The second-order valence-corrected chi connectivity index (χ2v) is 6.26. The van der Waals surface area contributed by atoms with E-state index in [0.29, 0.717) is 0 Å². The number of anilines is 1. The van der Waals surface area contributed by atoms with E-state index in [1.807, 2.05) is 0 Å². The molecule has 0 amide bonds. The lowest BCUT2D eigenvalue weighted by Crippen LogP contribution is -2.17. The summed E-state index contributed by atoms with van der Waals surface area (Å²) in [4.78, 5) is 2.27. The van der Waals surface area contributed by atoms with E-state index in [1.54, 1.807) is 0 Å². The van der Waals surface area contributed by atoms with Crippen LogP contribution in [0.5, 0.6) is 0 Å². The molecule has 0 unspecified atom stereocenters. The van der Waals surface area contributed by atoms with Crippen molar-refractivity contribution in [2.75, 3.05) is 18.5 Å². The number of halogens is 1. The van der Waals surface area contributed by atoms with E-state index < -0.39 is 0 Å². The van der Waals surface area contributed by atoms with Gasteiger partial charge in [0, 0.05) is 30.3 Å². The summed E-state index contributed by atoms with van der Waals surface area (Å²) in [6, 6.07) is 15.2. The van der Waals surface area contributed by atoms with Crippen molar-refractivity contribution < 1.29 is 0 Å². The van der Waals surface area contributed by atoms with E-state index in [1.165, 1.54) is 22.4 Å². The van der Waals surface area contributed by atoms with Crippen LogP contribution in [0.1, 0.15) is 23.6 Å². The molecule has 3 heteroatoms. The van der Waals surface area contributed by atoms with Crippen molar-refractivity contribution >= 4 is 21.6 Å². The van der Waals surface area contributed by atoms with E-state index in [0.717, 1.165) is 24.1 Å². The fraction of sp³-hybridized carbons (Fsp3) is 0.333. The van der Waals surface area contributed by atoms with E-state index in [2.05, 4.69) is 89.5 Å². The largest absolute Gasteiger partial charge is 0.370 e. The van der Waals surface area contributed by atoms with Gasteiger partial charge in [0.05, 0.1) is 0 Å². The van der Waals surface area contributed by atoms with E-state index in [4.69, 9.17) is 0 Å². The van der Waals surface area contributed by atoms with Gasteiger partial charge in [-0.05, 0) is 36.7 Å². The number of aryl methyl sites for hydroxylation is 1. The van der Waals surface area contributed by atoms with Gasteiger partial charge in [-0.15, -0.1) is 0 Å². The molecule has 0 aliphatic rings. The van der Waals surface area contributed by atoms with Crippen LogP contribution in [0, 0.1) is 6.92 Å². The van der Waals surface area contributed by atoms with Gasteiger partial charge in [0.1, 0.15) is 0 Å². The first-order chi connectivity index (χ1) is 10.1. The molecule has 0 spiro atoms. The van der Waals surface area contributed by atoms with Crippen molar-refractivity contribution in [3.05, 3.63) is 63.6 Å². The molecule has 2 aromatic carbocycles. The molecule has 21 heavy (non-hydrogen) atoms.